The number of halogens is 1. The van der Waals surface area contributed by atoms with E-state index < -0.39 is 0 Å². The fourth-order valence-electron chi connectivity index (χ4n) is 1.88. The minimum absolute atomic E-state index is 0. The fraction of sp³-hybridized carbons (Fsp3) is 0.500. The fourth-order valence-corrected chi connectivity index (χ4v) is 1.88. The summed E-state index contributed by atoms with van der Waals surface area (Å²) in [7, 11) is 0. The van der Waals surface area contributed by atoms with Gasteiger partial charge in [-0.25, -0.2) is 0 Å². The molecule has 0 unspecified atom stereocenters. The molecule has 4 nitrogen and oxygen atoms in total. The van der Waals surface area contributed by atoms with E-state index in [1.807, 2.05) is 17.0 Å². The van der Waals surface area contributed by atoms with Gasteiger partial charge in [0.1, 0.15) is 0 Å². The summed E-state index contributed by atoms with van der Waals surface area (Å²) >= 11 is 0. The van der Waals surface area contributed by atoms with Crippen molar-refractivity contribution in [1.29, 1.82) is 0 Å². The van der Waals surface area contributed by atoms with E-state index in [-0.39, 0.29) is 18.3 Å². The lowest BCUT2D eigenvalue weighted by Crippen LogP contribution is -2.35. The van der Waals surface area contributed by atoms with Gasteiger partial charge in [-0.3, -0.25) is 9.78 Å². The lowest BCUT2D eigenvalue weighted by molar-refractivity contribution is -0.130. The van der Waals surface area contributed by atoms with Crippen LogP contribution in [0.3, 0.4) is 0 Å². The molecular formula is C12H18ClN3O. The van der Waals surface area contributed by atoms with Crippen molar-refractivity contribution in [3.63, 3.8) is 0 Å². The van der Waals surface area contributed by atoms with Crippen molar-refractivity contribution in [2.24, 2.45) is 0 Å². The highest BCUT2D eigenvalue weighted by Gasteiger charge is 2.15. The van der Waals surface area contributed by atoms with Crippen LogP contribution in [-0.4, -0.2) is 42.0 Å². The summed E-state index contributed by atoms with van der Waals surface area (Å²) in [5.41, 5.74) is 1.04. The summed E-state index contributed by atoms with van der Waals surface area (Å²) in [6.07, 6.45) is 4.99. The highest BCUT2D eigenvalue weighted by atomic mass is 35.5. The summed E-state index contributed by atoms with van der Waals surface area (Å²) in [6, 6.07) is 3.79. The van der Waals surface area contributed by atoms with Crippen LogP contribution in [-0.2, 0) is 11.2 Å². The molecule has 1 aliphatic rings. The van der Waals surface area contributed by atoms with Gasteiger partial charge in [0, 0.05) is 32.0 Å². The summed E-state index contributed by atoms with van der Waals surface area (Å²) in [5, 5.41) is 3.29. The Hall–Kier alpha value is -1.13. The third kappa shape index (κ3) is 4.32. The average molecular weight is 256 g/mol. The second-order valence-corrected chi connectivity index (χ2v) is 4.02. The molecule has 1 aliphatic heterocycles. The Morgan fingerprint density at radius 1 is 1.29 bits per heavy atom. The quantitative estimate of drug-likeness (QED) is 0.853. The molecule has 94 valence electrons. The van der Waals surface area contributed by atoms with Crippen LogP contribution in [0, 0.1) is 0 Å². The number of pyridine rings is 1. The molecule has 1 aromatic rings. The first-order valence-electron chi connectivity index (χ1n) is 5.73. The van der Waals surface area contributed by atoms with Crippen molar-refractivity contribution >= 4 is 18.3 Å². The Balaban J connectivity index is 0.00000144. The topological polar surface area (TPSA) is 45.2 Å². The number of nitrogens with zero attached hydrogens (tertiary/aromatic N) is 2. The standard InChI is InChI=1S/C12H17N3O.ClH/c16-12(10-11-2-5-14-6-3-11)15-8-1-4-13-7-9-15;/h2-3,5-6,13H,1,4,7-10H2;1H. The van der Waals surface area contributed by atoms with E-state index in [0.717, 1.165) is 38.2 Å². The smallest absolute Gasteiger partial charge is 0.227 e. The molecule has 2 rings (SSSR count). The number of hydrogen-bond acceptors (Lipinski definition) is 3. The van der Waals surface area contributed by atoms with E-state index in [4.69, 9.17) is 0 Å². The molecule has 0 atom stereocenters. The van der Waals surface area contributed by atoms with Gasteiger partial charge in [0.15, 0.2) is 0 Å². The Morgan fingerprint density at radius 3 is 2.82 bits per heavy atom. The Labute approximate surface area is 108 Å². The number of carbonyl (C=O) groups is 1. The van der Waals surface area contributed by atoms with Gasteiger partial charge in [-0.05, 0) is 30.7 Å². The number of carbonyl (C=O) groups excluding carboxylic acids is 1. The maximum absolute atomic E-state index is 12.0. The van der Waals surface area contributed by atoms with Crippen molar-refractivity contribution in [2.75, 3.05) is 26.2 Å². The maximum Gasteiger partial charge on any atom is 0.227 e. The zero-order valence-electron chi connectivity index (χ0n) is 9.76. The monoisotopic (exact) mass is 255 g/mol. The number of nitrogens with one attached hydrogen (secondary N) is 1. The lowest BCUT2D eigenvalue weighted by Gasteiger charge is -2.19. The molecule has 0 aromatic carbocycles. The average Bonchev–Trinajstić information content (AvgIpc) is 2.59. The SMILES string of the molecule is Cl.O=C(Cc1ccncc1)N1CCCNCC1. The number of rotatable bonds is 2. The predicted molar refractivity (Wildman–Crippen MR) is 69.3 cm³/mol. The van der Waals surface area contributed by atoms with Crippen LogP contribution in [0.25, 0.3) is 0 Å². The lowest BCUT2D eigenvalue weighted by atomic mass is 10.2. The first-order chi connectivity index (χ1) is 7.86. The molecule has 1 saturated heterocycles. The normalized spacial score (nSPS) is 15.9. The van der Waals surface area contributed by atoms with E-state index in [9.17, 15) is 4.79 Å². The van der Waals surface area contributed by atoms with E-state index >= 15 is 0 Å². The first kappa shape index (κ1) is 13.9. The molecule has 0 saturated carbocycles. The van der Waals surface area contributed by atoms with Crippen LogP contribution in [0.5, 0.6) is 0 Å². The Morgan fingerprint density at radius 2 is 2.06 bits per heavy atom. The molecule has 0 aliphatic carbocycles. The van der Waals surface area contributed by atoms with Crippen molar-refractivity contribution in [3.05, 3.63) is 30.1 Å². The van der Waals surface area contributed by atoms with Crippen molar-refractivity contribution in [1.82, 2.24) is 15.2 Å². The first-order valence-corrected chi connectivity index (χ1v) is 5.73. The third-order valence-electron chi connectivity index (χ3n) is 2.80. The zero-order valence-corrected chi connectivity index (χ0v) is 10.6. The molecule has 1 amide bonds. The predicted octanol–water partition coefficient (Wildman–Crippen LogP) is 0.868. The number of aromatic nitrogens is 1. The molecule has 17 heavy (non-hydrogen) atoms. The minimum Gasteiger partial charge on any atom is -0.341 e. The van der Waals surface area contributed by atoms with Crippen LogP contribution in [0.2, 0.25) is 0 Å². The largest absolute Gasteiger partial charge is 0.341 e. The van der Waals surface area contributed by atoms with Gasteiger partial charge in [-0.2, -0.15) is 0 Å². The Bertz CT molecular complexity index is 337. The van der Waals surface area contributed by atoms with Crippen LogP contribution in [0.1, 0.15) is 12.0 Å². The van der Waals surface area contributed by atoms with Gasteiger partial charge in [-0.1, -0.05) is 0 Å². The highest BCUT2D eigenvalue weighted by molar-refractivity contribution is 5.85. The van der Waals surface area contributed by atoms with Gasteiger partial charge < -0.3 is 10.2 Å². The van der Waals surface area contributed by atoms with E-state index in [1.165, 1.54) is 0 Å². The van der Waals surface area contributed by atoms with E-state index in [1.54, 1.807) is 12.4 Å². The van der Waals surface area contributed by atoms with Crippen LogP contribution < -0.4 is 5.32 Å². The molecule has 5 heteroatoms. The van der Waals surface area contributed by atoms with Crippen LogP contribution in [0.4, 0.5) is 0 Å². The summed E-state index contributed by atoms with van der Waals surface area (Å²) in [4.78, 5) is 17.9. The van der Waals surface area contributed by atoms with Gasteiger partial charge in [-0.15, -0.1) is 12.4 Å². The Kier molecular flexibility index (Phi) is 5.94. The number of hydrogen-bond donors (Lipinski definition) is 1. The summed E-state index contributed by atoms with van der Waals surface area (Å²) < 4.78 is 0. The molecule has 1 N–H and O–H groups in total. The molecule has 1 fully saturated rings. The minimum atomic E-state index is 0. The van der Waals surface area contributed by atoms with E-state index in [2.05, 4.69) is 10.3 Å². The van der Waals surface area contributed by atoms with Gasteiger partial charge in [0.25, 0.3) is 0 Å². The van der Waals surface area contributed by atoms with Crippen LogP contribution >= 0.6 is 12.4 Å². The number of amides is 1. The van der Waals surface area contributed by atoms with E-state index in [0.29, 0.717) is 6.42 Å². The van der Waals surface area contributed by atoms with Crippen molar-refractivity contribution in [2.45, 2.75) is 12.8 Å². The molecular weight excluding hydrogens is 238 g/mol. The summed E-state index contributed by atoms with van der Waals surface area (Å²) in [6.45, 7) is 3.61. The molecule has 0 bridgehead atoms. The maximum atomic E-state index is 12.0. The molecule has 2 heterocycles. The molecule has 0 spiro atoms. The summed E-state index contributed by atoms with van der Waals surface area (Å²) in [5.74, 6) is 0.218. The van der Waals surface area contributed by atoms with Gasteiger partial charge in [0.05, 0.1) is 6.42 Å². The molecule has 0 radical (unpaired) electrons. The van der Waals surface area contributed by atoms with Gasteiger partial charge in [0.2, 0.25) is 5.91 Å². The highest BCUT2D eigenvalue weighted by Crippen LogP contribution is 2.03. The second kappa shape index (κ2) is 7.25. The zero-order chi connectivity index (χ0) is 11.2. The van der Waals surface area contributed by atoms with Crippen LogP contribution in [0.15, 0.2) is 24.5 Å². The molecule has 1 aromatic heterocycles. The third-order valence-corrected chi connectivity index (χ3v) is 2.80. The van der Waals surface area contributed by atoms with Crippen molar-refractivity contribution in [3.8, 4) is 0 Å². The second-order valence-electron chi connectivity index (χ2n) is 4.02. The van der Waals surface area contributed by atoms with Crippen molar-refractivity contribution < 1.29 is 4.79 Å². The van der Waals surface area contributed by atoms with Gasteiger partial charge >= 0.3 is 0 Å².